The summed E-state index contributed by atoms with van der Waals surface area (Å²) in [6.07, 6.45) is 7.98. The predicted molar refractivity (Wildman–Crippen MR) is 60.6 cm³/mol. The van der Waals surface area contributed by atoms with Crippen LogP contribution in [-0.2, 0) is 4.79 Å². The second-order valence-corrected chi connectivity index (χ2v) is 5.05. The maximum absolute atomic E-state index is 11.6. The molecule has 0 unspecified atom stereocenters. The van der Waals surface area contributed by atoms with E-state index in [1.54, 1.807) is 0 Å². The first-order valence-corrected chi connectivity index (χ1v) is 6.24. The van der Waals surface area contributed by atoms with E-state index in [1.165, 1.54) is 25.7 Å². The molecule has 0 atom stereocenters. The number of carbonyl (C=O) groups is 1. The number of rotatable bonds is 4. The van der Waals surface area contributed by atoms with Crippen LogP contribution in [0.15, 0.2) is 0 Å². The summed E-state index contributed by atoms with van der Waals surface area (Å²) < 4.78 is 0. The van der Waals surface area contributed by atoms with Crippen molar-refractivity contribution in [1.29, 1.82) is 0 Å². The Labute approximate surface area is 92.0 Å². The summed E-state index contributed by atoms with van der Waals surface area (Å²) >= 11 is 0. The second-order valence-electron chi connectivity index (χ2n) is 5.05. The van der Waals surface area contributed by atoms with Crippen LogP contribution >= 0.6 is 0 Å². The first-order valence-electron chi connectivity index (χ1n) is 6.24. The fourth-order valence-electron chi connectivity index (χ4n) is 2.40. The van der Waals surface area contributed by atoms with Gasteiger partial charge in [0, 0.05) is 18.5 Å². The van der Waals surface area contributed by atoms with E-state index in [0.29, 0.717) is 18.0 Å². The molecular weight excluding hydrogens is 188 g/mol. The summed E-state index contributed by atoms with van der Waals surface area (Å²) in [5.41, 5.74) is 0. The zero-order valence-corrected chi connectivity index (χ0v) is 9.59. The SMILES string of the molecule is CNC1CCC(NC(=O)CC2CC2)CC1. The Bertz CT molecular complexity index is 218. The lowest BCUT2D eigenvalue weighted by Gasteiger charge is -2.28. The molecule has 2 N–H and O–H groups in total. The quantitative estimate of drug-likeness (QED) is 0.737. The standard InChI is InChI=1S/C12H22N2O/c1-13-10-4-6-11(7-5-10)14-12(15)8-9-2-3-9/h9-11,13H,2-8H2,1H3,(H,14,15). The lowest BCUT2D eigenvalue weighted by atomic mass is 9.91. The minimum Gasteiger partial charge on any atom is -0.353 e. The molecule has 0 bridgehead atoms. The van der Waals surface area contributed by atoms with Gasteiger partial charge in [-0.1, -0.05) is 0 Å². The Morgan fingerprint density at radius 2 is 1.67 bits per heavy atom. The number of hydrogen-bond acceptors (Lipinski definition) is 2. The third kappa shape index (κ3) is 3.49. The molecule has 0 aliphatic heterocycles. The fourth-order valence-corrected chi connectivity index (χ4v) is 2.40. The number of hydrogen-bond donors (Lipinski definition) is 2. The molecule has 0 aromatic heterocycles. The first kappa shape index (κ1) is 10.9. The van der Waals surface area contributed by atoms with Crippen LogP contribution in [0.4, 0.5) is 0 Å². The molecule has 0 aromatic rings. The highest BCUT2D eigenvalue weighted by molar-refractivity contribution is 5.76. The van der Waals surface area contributed by atoms with Gasteiger partial charge in [0.05, 0.1) is 0 Å². The minimum absolute atomic E-state index is 0.283. The van der Waals surface area contributed by atoms with Crippen LogP contribution < -0.4 is 10.6 Å². The average Bonchev–Trinajstić information content (AvgIpc) is 3.03. The number of nitrogens with one attached hydrogen (secondary N) is 2. The zero-order chi connectivity index (χ0) is 10.7. The van der Waals surface area contributed by atoms with E-state index in [2.05, 4.69) is 10.6 Å². The third-order valence-electron chi connectivity index (χ3n) is 3.67. The van der Waals surface area contributed by atoms with Gasteiger partial charge in [0.25, 0.3) is 0 Å². The third-order valence-corrected chi connectivity index (χ3v) is 3.67. The van der Waals surface area contributed by atoms with E-state index in [4.69, 9.17) is 0 Å². The van der Waals surface area contributed by atoms with E-state index < -0.39 is 0 Å². The summed E-state index contributed by atoms with van der Waals surface area (Å²) in [6.45, 7) is 0. The molecule has 1 amide bonds. The van der Waals surface area contributed by atoms with Crippen molar-refractivity contribution < 1.29 is 4.79 Å². The van der Waals surface area contributed by atoms with Crippen LogP contribution in [0.5, 0.6) is 0 Å². The van der Waals surface area contributed by atoms with Crippen molar-refractivity contribution in [3.63, 3.8) is 0 Å². The molecule has 3 heteroatoms. The van der Waals surface area contributed by atoms with E-state index in [9.17, 15) is 4.79 Å². The topological polar surface area (TPSA) is 41.1 Å². The molecular formula is C12H22N2O. The molecule has 2 fully saturated rings. The van der Waals surface area contributed by atoms with Gasteiger partial charge in [0.1, 0.15) is 0 Å². The molecule has 0 aromatic carbocycles. The summed E-state index contributed by atoms with van der Waals surface area (Å²) in [4.78, 5) is 11.6. The largest absolute Gasteiger partial charge is 0.353 e. The van der Waals surface area contributed by atoms with Crippen LogP contribution in [0, 0.1) is 5.92 Å². The average molecular weight is 210 g/mol. The Kier molecular flexibility index (Phi) is 3.62. The van der Waals surface area contributed by atoms with Crippen molar-refractivity contribution in [1.82, 2.24) is 10.6 Å². The molecule has 2 saturated carbocycles. The highest BCUT2D eigenvalue weighted by Crippen LogP contribution is 2.32. The molecule has 15 heavy (non-hydrogen) atoms. The van der Waals surface area contributed by atoms with Crippen LogP contribution in [0.3, 0.4) is 0 Å². The predicted octanol–water partition coefficient (Wildman–Crippen LogP) is 1.43. The van der Waals surface area contributed by atoms with E-state index in [-0.39, 0.29) is 5.91 Å². The zero-order valence-electron chi connectivity index (χ0n) is 9.59. The second kappa shape index (κ2) is 4.97. The summed E-state index contributed by atoms with van der Waals surface area (Å²) in [5.74, 6) is 0.990. The fraction of sp³-hybridized carbons (Fsp3) is 0.917. The molecule has 86 valence electrons. The molecule has 3 nitrogen and oxygen atoms in total. The number of carbonyl (C=O) groups excluding carboxylic acids is 1. The normalized spacial score (nSPS) is 31.3. The number of amides is 1. The van der Waals surface area contributed by atoms with Crippen molar-refractivity contribution in [3.8, 4) is 0 Å². The summed E-state index contributed by atoms with van der Waals surface area (Å²) in [6, 6.07) is 1.11. The van der Waals surface area contributed by atoms with Crippen molar-refractivity contribution in [3.05, 3.63) is 0 Å². The van der Waals surface area contributed by atoms with Gasteiger partial charge in [-0.2, -0.15) is 0 Å². The lowest BCUT2D eigenvalue weighted by molar-refractivity contribution is -0.122. The molecule has 2 rings (SSSR count). The van der Waals surface area contributed by atoms with E-state index in [0.717, 1.165) is 19.3 Å². The molecule has 2 aliphatic rings. The molecule has 0 spiro atoms. The summed E-state index contributed by atoms with van der Waals surface area (Å²) in [7, 11) is 2.02. The maximum atomic E-state index is 11.6. The van der Waals surface area contributed by atoms with Crippen molar-refractivity contribution in [2.75, 3.05) is 7.05 Å². The van der Waals surface area contributed by atoms with Gasteiger partial charge >= 0.3 is 0 Å². The molecule has 0 saturated heterocycles. The summed E-state index contributed by atoms with van der Waals surface area (Å²) in [5, 5.41) is 6.48. The van der Waals surface area contributed by atoms with Crippen LogP contribution in [0.2, 0.25) is 0 Å². The molecule has 0 radical (unpaired) electrons. The Hall–Kier alpha value is -0.570. The van der Waals surface area contributed by atoms with Crippen molar-refractivity contribution in [2.45, 2.75) is 57.0 Å². The Morgan fingerprint density at radius 1 is 1.07 bits per heavy atom. The van der Waals surface area contributed by atoms with Crippen molar-refractivity contribution >= 4 is 5.91 Å². The Morgan fingerprint density at radius 3 is 2.20 bits per heavy atom. The molecule has 0 heterocycles. The highest BCUT2D eigenvalue weighted by atomic mass is 16.1. The van der Waals surface area contributed by atoms with E-state index in [1.807, 2.05) is 7.05 Å². The Balaban J connectivity index is 1.64. The minimum atomic E-state index is 0.283. The van der Waals surface area contributed by atoms with Crippen molar-refractivity contribution in [2.24, 2.45) is 5.92 Å². The first-order chi connectivity index (χ1) is 7.28. The van der Waals surface area contributed by atoms with Crippen LogP contribution in [-0.4, -0.2) is 25.0 Å². The van der Waals surface area contributed by atoms with Gasteiger partial charge in [-0.3, -0.25) is 4.79 Å². The van der Waals surface area contributed by atoms with Crippen LogP contribution in [0.1, 0.15) is 44.9 Å². The highest BCUT2D eigenvalue weighted by Gasteiger charge is 2.26. The van der Waals surface area contributed by atoms with Gasteiger partial charge < -0.3 is 10.6 Å². The smallest absolute Gasteiger partial charge is 0.220 e. The monoisotopic (exact) mass is 210 g/mol. The van der Waals surface area contributed by atoms with Gasteiger partial charge in [-0.05, 0) is 51.5 Å². The van der Waals surface area contributed by atoms with Gasteiger partial charge in [-0.25, -0.2) is 0 Å². The van der Waals surface area contributed by atoms with E-state index >= 15 is 0 Å². The van der Waals surface area contributed by atoms with Gasteiger partial charge in [0.15, 0.2) is 0 Å². The van der Waals surface area contributed by atoms with Gasteiger partial charge in [0.2, 0.25) is 5.91 Å². The van der Waals surface area contributed by atoms with Gasteiger partial charge in [-0.15, -0.1) is 0 Å². The molecule has 2 aliphatic carbocycles. The maximum Gasteiger partial charge on any atom is 0.220 e. The lowest BCUT2D eigenvalue weighted by Crippen LogP contribution is -2.41. The van der Waals surface area contributed by atoms with Crippen LogP contribution in [0.25, 0.3) is 0 Å².